The molecule has 0 bridgehead atoms. The number of sulfonamides is 1. The first-order valence-corrected chi connectivity index (χ1v) is 10.7. The second-order valence-electron chi connectivity index (χ2n) is 6.82. The van der Waals surface area contributed by atoms with Crippen molar-refractivity contribution in [3.8, 4) is 17.1 Å². The molecule has 1 fully saturated rings. The molecule has 0 N–H and O–H groups in total. The Labute approximate surface area is 168 Å². The van der Waals surface area contributed by atoms with Crippen LogP contribution >= 0.6 is 0 Å². The Balaban J connectivity index is 1.56. The molecule has 1 aliphatic heterocycles. The smallest absolute Gasteiger partial charge is 0.246 e. The minimum absolute atomic E-state index is 0.163. The standard InChI is InChI=1S/C20H20FN3O4S/c1-27-16-8-4-6-14(12-16)19-22-20(28-23-19)15-7-5-11-24(13-15)29(25,26)18-10-3-2-9-17(18)21/h2-4,6,8-10,12,15H,5,7,11,13H2,1H3/t15-/m1/s1. The van der Waals surface area contributed by atoms with Gasteiger partial charge in [0, 0.05) is 18.7 Å². The van der Waals surface area contributed by atoms with Crippen LogP contribution in [-0.2, 0) is 10.0 Å². The molecule has 1 aromatic heterocycles. The molecule has 7 nitrogen and oxygen atoms in total. The third kappa shape index (κ3) is 3.88. The summed E-state index contributed by atoms with van der Waals surface area (Å²) in [7, 11) is -2.36. The quantitative estimate of drug-likeness (QED) is 0.632. The molecule has 1 aliphatic rings. The number of benzene rings is 2. The molecule has 2 heterocycles. The zero-order valence-corrected chi connectivity index (χ0v) is 16.6. The Morgan fingerprint density at radius 3 is 2.83 bits per heavy atom. The normalized spacial score (nSPS) is 17.9. The van der Waals surface area contributed by atoms with Crippen LogP contribution in [0.2, 0.25) is 0 Å². The van der Waals surface area contributed by atoms with Gasteiger partial charge in [-0.15, -0.1) is 0 Å². The van der Waals surface area contributed by atoms with Crippen molar-refractivity contribution >= 4 is 10.0 Å². The van der Waals surface area contributed by atoms with Gasteiger partial charge < -0.3 is 9.26 Å². The van der Waals surface area contributed by atoms with Gasteiger partial charge in [-0.3, -0.25) is 0 Å². The third-order valence-electron chi connectivity index (χ3n) is 4.96. The first-order valence-electron chi connectivity index (χ1n) is 9.22. The Morgan fingerprint density at radius 2 is 2.03 bits per heavy atom. The number of rotatable bonds is 5. The molecule has 152 valence electrons. The summed E-state index contributed by atoms with van der Waals surface area (Å²) >= 11 is 0. The highest BCUT2D eigenvalue weighted by Gasteiger charge is 2.34. The van der Waals surface area contributed by atoms with Crippen LogP contribution in [0.3, 0.4) is 0 Å². The van der Waals surface area contributed by atoms with E-state index in [1.165, 1.54) is 22.5 Å². The molecule has 0 aliphatic carbocycles. The van der Waals surface area contributed by atoms with Crippen molar-refractivity contribution in [2.24, 2.45) is 0 Å². The lowest BCUT2D eigenvalue weighted by Gasteiger charge is -2.30. The summed E-state index contributed by atoms with van der Waals surface area (Å²) in [5, 5.41) is 4.03. The summed E-state index contributed by atoms with van der Waals surface area (Å²) in [6.45, 7) is 0.487. The molecule has 0 radical (unpaired) electrons. The van der Waals surface area contributed by atoms with Crippen LogP contribution in [-0.4, -0.2) is 43.1 Å². The fourth-order valence-electron chi connectivity index (χ4n) is 3.44. The Kier molecular flexibility index (Phi) is 5.33. The summed E-state index contributed by atoms with van der Waals surface area (Å²) in [6.07, 6.45) is 1.33. The van der Waals surface area contributed by atoms with Gasteiger partial charge in [0.25, 0.3) is 0 Å². The maximum absolute atomic E-state index is 14.1. The van der Waals surface area contributed by atoms with E-state index in [0.717, 1.165) is 11.6 Å². The molecule has 0 saturated carbocycles. The highest BCUT2D eigenvalue weighted by molar-refractivity contribution is 7.89. The molecule has 29 heavy (non-hydrogen) atoms. The second kappa shape index (κ2) is 7.92. The van der Waals surface area contributed by atoms with Crippen LogP contribution in [0.15, 0.2) is 57.9 Å². The molecule has 1 atom stereocenters. The zero-order valence-electron chi connectivity index (χ0n) is 15.8. The second-order valence-corrected chi connectivity index (χ2v) is 8.73. The van der Waals surface area contributed by atoms with Crippen molar-refractivity contribution in [1.29, 1.82) is 0 Å². The van der Waals surface area contributed by atoms with Gasteiger partial charge in [-0.05, 0) is 37.1 Å². The van der Waals surface area contributed by atoms with E-state index in [2.05, 4.69) is 10.1 Å². The Morgan fingerprint density at radius 1 is 1.21 bits per heavy atom. The van der Waals surface area contributed by atoms with E-state index >= 15 is 0 Å². The number of hydrogen-bond donors (Lipinski definition) is 0. The molecule has 9 heteroatoms. The van der Waals surface area contributed by atoms with Crippen molar-refractivity contribution < 1.29 is 22.1 Å². The van der Waals surface area contributed by atoms with Crippen molar-refractivity contribution in [1.82, 2.24) is 14.4 Å². The monoisotopic (exact) mass is 417 g/mol. The largest absolute Gasteiger partial charge is 0.497 e. The summed E-state index contributed by atoms with van der Waals surface area (Å²) in [5.74, 6) is 0.447. The number of nitrogens with zero attached hydrogens (tertiary/aromatic N) is 3. The van der Waals surface area contributed by atoms with Crippen molar-refractivity contribution in [3.05, 3.63) is 60.2 Å². The van der Waals surface area contributed by atoms with E-state index in [1.807, 2.05) is 18.2 Å². The highest BCUT2D eigenvalue weighted by Crippen LogP contribution is 2.31. The van der Waals surface area contributed by atoms with Crippen LogP contribution < -0.4 is 4.74 Å². The Bertz CT molecular complexity index is 1120. The SMILES string of the molecule is COc1cccc(-c2noc([C@@H]3CCCN(S(=O)(=O)c4ccccc4F)C3)n2)c1. The van der Waals surface area contributed by atoms with Gasteiger partial charge in [0.2, 0.25) is 21.7 Å². The first-order chi connectivity index (χ1) is 14.0. The highest BCUT2D eigenvalue weighted by atomic mass is 32.2. The zero-order chi connectivity index (χ0) is 20.4. The van der Waals surface area contributed by atoms with Gasteiger partial charge in [-0.2, -0.15) is 9.29 Å². The molecule has 2 aromatic carbocycles. The van der Waals surface area contributed by atoms with Gasteiger partial charge >= 0.3 is 0 Å². The minimum atomic E-state index is -3.94. The molecule has 0 unspecified atom stereocenters. The average Bonchev–Trinajstić information content (AvgIpc) is 3.24. The van der Waals surface area contributed by atoms with E-state index < -0.39 is 15.8 Å². The number of methoxy groups -OCH3 is 1. The Hall–Kier alpha value is -2.78. The van der Waals surface area contributed by atoms with E-state index in [1.54, 1.807) is 13.2 Å². The van der Waals surface area contributed by atoms with Gasteiger partial charge in [-0.25, -0.2) is 12.8 Å². The van der Waals surface area contributed by atoms with Crippen molar-refractivity contribution in [3.63, 3.8) is 0 Å². The van der Waals surface area contributed by atoms with E-state index in [0.29, 0.717) is 36.9 Å². The van der Waals surface area contributed by atoms with Crippen LogP contribution in [0.25, 0.3) is 11.4 Å². The maximum atomic E-state index is 14.1. The first kappa shape index (κ1) is 19.5. The number of hydrogen-bond acceptors (Lipinski definition) is 6. The number of halogens is 1. The van der Waals surface area contributed by atoms with Gasteiger partial charge in [0.15, 0.2) is 0 Å². The molecular formula is C20H20FN3O4S. The lowest BCUT2D eigenvalue weighted by Crippen LogP contribution is -2.39. The average molecular weight is 417 g/mol. The lowest BCUT2D eigenvalue weighted by molar-refractivity contribution is 0.265. The molecule has 0 amide bonds. The van der Waals surface area contributed by atoms with E-state index in [-0.39, 0.29) is 17.4 Å². The molecule has 1 saturated heterocycles. The van der Waals surface area contributed by atoms with E-state index in [9.17, 15) is 12.8 Å². The van der Waals surface area contributed by atoms with Crippen LogP contribution in [0, 0.1) is 5.82 Å². The van der Waals surface area contributed by atoms with Gasteiger partial charge in [0.05, 0.1) is 13.0 Å². The summed E-state index contributed by atoms with van der Waals surface area (Å²) in [4.78, 5) is 4.14. The van der Waals surface area contributed by atoms with Crippen LogP contribution in [0.5, 0.6) is 5.75 Å². The van der Waals surface area contributed by atoms with Crippen LogP contribution in [0.1, 0.15) is 24.7 Å². The molecule has 0 spiro atoms. The molecular weight excluding hydrogens is 397 g/mol. The summed E-state index contributed by atoms with van der Waals surface area (Å²) < 4.78 is 51.8. The summed E-state index contributed by atoms with van der Waals surface area (Å²) in [5.41, 5.74) is 0.742. The predicted octanol–water partition coefficient (Wildman–Crippen LogP) is 3.45. The fourth-order valence-corrected chi connectivity index (χ4v) is 5.02. The number of ether oxygens (including phenoxy) is 1. The van der Waals surface area contributed by atoms with Crippen molar-refractivity contribution in [2.45, 2.75) is 23.7 Å². The molecule has 3 aromatic rings. The van der Waals surface area contributed by atoms with E-state index in [4.69, 9.17) is 9.26 Å². The lowest BCUT2D eigenvalue weighted by atomic mass is 10.00. The third-order valence-corrected chi connectivity index (χ3v) is 6.86. The maximum Gasteiger partial charge on any atom is 0.246 e. The van der Waals surface area contributed by atoms with Gasteiger partial charge in [0.1, 0.15) is 16.5 Å². The number of aromatic nitrogens is 2. The minimum Gasteiger partial charge on any atom is -0.497 e. The van der Waals surface area contributed by atoms with Crippen LogP contribution in [0.4, 0.5) is 4.39 Å². The molecule has 4 rings (SSSR count). The number of piperidine rings is 1. The van der Waals surface area contributed by atoms with Gasteiger partial charge in [-0.1, -0.05) is 29.4 Å². The fraction of sp³-hybridized carbons (Fsp3) is 0.300. The van der Waals surface area contributed by atoms with Crippen molar-refractivity contribution in [2.75, 3.05) is 20.2 Å². The summed E-state index contributed by atoms with van der Waals surface area (Å²) in [6, 6.07) is 12.7. The topological polar surface area (TPSA) is 85.5 Å². The predicted molar refractivity (Wildman–Crippen MR) is 103 cm³/mol.